The summed E-state index contributed by atoms with van der Waals surface area (Å²) in [7, 11) is 2.09. The Morgan fingerprint density at radius 2 is 2.00 bits per heavy atom. The molecule has 0 radical (unpaired) electrons. The standard InChI is InChI=1S/C28H30N6O/c1-5-7-14-30-20(3)26-24-19-29-16-17-34(24,4)27(33-26)22-9-11-23(12-10-22)28(35)32-25-18-21(8-6-2)13-15-31-25/h9-13,15-20,30H,6,8,14H2,1-4H3/p+1. The van der Waals surface area contributed by atoms with Gasteiger partial charge in [-0.1, -0.05) is 19.3 Å². The van der Waals surface area contributed by atoms with E-state index in [2.05, 4.69) is 53.3 Å². The number of amides is 1. The number of nitrogens with one attached hydrogen (secondary N) is 2. The summed E-state index contributed by atoms with van der Waals surface area (Å²) in [6.07, 6.45) is 9.42. The van der Waals surface area contributed by atoms with Gasteiger partial charge in [0.05, 0.1) is 37.6 Å². The van der Waals surface area contributed by atoms with Crippen molar-refractivity contribution in [1.82, 2.24) is 10.3 Å². The third-order valence-electron chi connectivity index (χ3n) is 6.17. The van der Waals surface area contributed by atoms with Gasteiger partial charge in [0.1, 0.15) is 17.7 Å². The fourth-order valence-electron chi connectivity index (χ4n) is 4.24. The predicted octanol–water partition coefficient (Wildman–Crippen LogP) is 4.26. The lowest BCUT2D eigenvalue weighted by molar-refractivity contribution is -0.713. The molecule has 1 aromatic carbocycles. The number of pyridine rings is 1. The first-order valence-electron chi connectivity index (χ1n) is 11.9. The molecule has 0 saturated carbocycles. The minimum Gasteiger partial charge on any atom is -0.307 e. The normalized spacial score (nSPS) is 19.0. The maximum absolute atomic E-state index is 12.8. The van der Waals surface area contributed by atoms with Gasteiger partial charge in [-0.05, 0) is 62.2 Å². The molecule has 0 aliphatic carbocycles. The van der Waals surface area contributed by atoms with Gasteiger partial charge in [0.2, 0.25) is 5.84 Å². The number of hydrogen-bond donors (Lipinski definition) is 2. The number of amidine groups is 1. The third kappa shape index (κ3) is 5.14. The number of benzene rings is 1. The first-order valence-corrected chi connectivity index (χ1v) is 11.9. The van der Waals surface area contributed by atoms with E-state index in [1.807, 2.05) is 55.7 Å². The fraction of sp³-hybridized carbons (Fsp3) is 0.286. The largest absolute Gasteiger partial charge is 0.307 e. The van der Waals surface area contributed by atoms with Gasteiger partial charge < -0.3 is 5.32 Å². The topological polar surface area (TPSA) is 78.7 Å². The maximum atomic E-state index is 12.8. The summed E-state index contributed by atoms with van der Waals surface area (Å²) in [5, 5.41) is 6.32. The van der Waals surface area contributed by atoms with Crippen molar-refractivity contribution in [3.8, 4) is 11.8 Å². The average Bonchev–Trinajstić information content (AvgIpc) is 3.18. The van der Waals surface area contributed by atoms with Gasteiger partial charge in [-0.3, -0.25) is 15.1 Å². The summed E-state index contributed by atoms with van der Waals surface area (Å²) in [5.41, 5.74) is 4.63. The molecule has 0 fully saturated rings. The van der Waals surface area contributed by atoms with Gasteiger partial charge in [0.15, 0.2) is 5.70 Å². The van der Waals surface area contributed by atoms with Gasteiger partial charge in [0, 0.05) is 11.8 Å². The number of allylic oxidation sites excluding steroid dienone is 1. The number of nitrogens with zero attached hydrogens (tertiary/aromatic N) is 4. The molecule has 7 heteroatoms. The molecule has 178 valence electrons. The summed E-state index contributed by atoms with van der Waals surface area (Å²) in [5.74, 6) is 7.21. The predicted molar refractivity (Wildman–Crippen MR) is 141 cm³/mol. The van der Waals surface area contributed by atoms with Crippen LogP contribution >= 0.6 is 0 Å². The molecule has 2 aliphatic rings. The number of fused-ring (bicyclic) bond motifs is 1. The van der Waals surface area contributed by atoms with Crippen LogP contribution in [0.1, 0.15) is 48.7 Å². The van der Waals surface area contributed by atoms with E-state index < -0.39 is 0 Å². The SMILES string of the molecule is CC#CCNC(C)C1=C2C=NC=C[N+]2(C)C(c2ccc(C(=O)Nc3cc(CCC)ccn3)cc2)=N1. The van der Waals surface area contributed by atoms with Crippen molar-refractivity contribution in [3.63, 3.8) is 0 Å². The van der Waals surface area contributed by atoms with Crippen LogP contribution in [0.5, 0.6) is 0 Å². The smallest absolute Gasteiger partial charge is 0.256 e. The number of anilines is 1. The summed E-state index contributed by atoms with van der Waals surface area (Å²) in [6, 6.07) is 11.5. The minimum absolute atomic E-state index is 0.0137. The Bertz CT molecular complexity index is 1290. The van der Waals surface area contributed by atoms with E-state index in [-0.39, 0.29) is 11.9 Å². The van der Waals surface area contributed by atoms with Gasteiger partial charge in [-0.25, -0.2) is 9.47 Å². The van der Waals surface area contributed by atoms with Crippen LogP contribution in [0.3, 0.4) is 0 Å². The van der Waals surface area contributed by atoms with Crippen LogP contribution in [0.15, 0.2) is 76.4 Å². The van der Waals surface area contributed by atoms with Crippen molar-refractivity contribution < 1.29 is 9.28 Å². The molecular formula is C28H31N6O+. The molecule has 2 unspecified atom stereocenters. The van der Waals surface area contributed by atoms with Crippen molar-refractivity contribution in [1.29, 1.82) is 0 Å². The van der Waals surface area contributed by atoms with Crippen LogP contribution in [0.4, 0.5) is 5.82 Å². The van der Waals surface area contributed by atoms with Crippen molar-refractivity contribution in [2.45, 2.75) is 39.7 Å². The number of aliphatic imine (C=N–C) groups is 2. The van der Waals surface area contributed by atoms with E-state index in [1.54, 1.807) is 12.4 Å². The lowest BCUT2D eigenvalue weighted by Crippen LogP contribution is -2.43. The molecule has 7 nitrogen and oxygen atoms in total. The van der Waals surface area contributed by atoms with E-state index in [0.29, 0.717) is 22.4 Å². The minimum atomic E-state index is -0.189. The van der Waals surface area contributed by atoms with Gasteiger partial charge in [-0.15, -0.1) is 5.92 Å². The third-order valence-corrected chi connectivity index (χ3v) is 6.17. The molecule has 4 rings (SSSR count). The van der Waals surface area contributed by atoms with Gasteiger partial charge in [0.25, 0.3) is 5.91 Å². The number of rotatable bonds is 8. The molecule has 35 heavy (non-hydrogen) atoms. The number of aryl methyl sites for hydroxylation is 1. The highest BCUT2D eigenvalue weighted by molar-refractivity contribution is 6.05. The Labute approximate surface area is 207 Å². The van der Waals surface area contributed by atoms with E-state index in [0.717, 1.165) is 41.2 Å². The van der Waals surface area contributed by atoms with E-state index in [9.17, 15) is 4.79 Å². The highest BCUT2D eigenvalue weighted by atomic mass is 16.1. The van der Waals surface area contributed by atoms with Crippen LogP contribution < -0.4 is 10.6 Å². The summed E-state index contributed by atoms with van der Waals surface area (Å²) < 4.78 is 0.421. The molecular weight excluding hydrogens is 436 g/mol. The molecule has 1 aromatic heterocycles. The Hall–Kier alpha value is -3.86. The molecule has 2 atom stereocenters. The first-order chi connectivity index (χ1) is 17.0. The molecule has 0 saturated heterocycles. The number of carbonyl (C=O) groups is 1. The Balaban J connectivity index is 1.55. The molecule has 3 heterocycles. The van der Waals surface area contributed by atoms with E-state index >= 15 is 0 Å². The van der Waals surface area contributed by atoms with Gasteiger partial charge >= 0.3 is 0 Å². The molecule has 0 spiro atoms. The van der Waals surface area contributed by atoms with Crippen molar-refractivity contribution >= 4 is 23.8 Å². The summed E-state index contributed by atoms with van der Waals surface area (Å²) >= 11 is 0. The zero-order valence-electron chi connectivity index (χ0n) is 20.7. The zero-order valence-corrected chi connectivity index (χ0v) is 20.7. The second kappa shape index (κ2) is 10.6. The van der Waals surface area contributed by atoms with Crippen LogP contribution in [-0.2, 0) is 6.42 Å². The maximum Gasteiger partial charge on any atom is 0.256 e. The number of carbonyl (C=O) groups excluding carboxylic acids is 1. The van der Waals surface area contributed by atoms with E-state index in [1.165, 1.54) is 0 Å². The van der Waals surface area contributed by atoms with Crippen molar-refractivity contribution in [2.24, 2.45) is 9.98 Å². The lowest BCUT2D eigenvalue weighted by Gasteiger charge is -2.28. The fourth-order valence-corrected chi connectivity index (χ4v) is 4.24. The van der Waals surface area contributed by atoms with E-state index in [4.69, 9.17) is 4.99 Å². The Kier molecular flexibility index (Phi) is 7.35. The monoisotopic (exact) mass is 467 g/mol. The average molecular weight is 468 g/mol. The molecule has 2 aromatic rings. The quantitative estimate of drug-likeness (QED) is 0.450. The molecule has 1 amide bonds. The second-order valence-corrected chi connectivity index (χ2v) is 8.72. The van der Waals surface area contributed by atoms with Gasteiger partial charge in [-0.2, -0.15) is 4.99 Å². The second-order valence-electron chi connectivity index (χ2n) is 8.72. The zero-order chi connectivity index (χ0) is 24.8. The molecule has 2 N–H and O–H groups in total. The molecule has 0 bridgehead atoms. The summed E-state index contributed by atoms with van der Waals surface area (Å²) in [4.78, 5) is 26.5. The Morgan fingerprint density at radius 3 is 2.74 bits per heavy atom. The number of aromatic nitrogens is 1. The van der Waals surface area contributed by atoms with Crippen LogP contribution in [0, 0.1) is 11.8 Å². The number of hydrogen-bond acceptors (Lipinski definition) is 5. The van der Waals surface area contributed by atoms with Crippen LogP contribution in [0.2, 0.25) is 0 Å². The van der Waals surface area contributed by atoms with Crippen molar-refractivity contribution in [2.75, 3.05) is 18.9 Å². The molecule has 2 aliphatic heterocycles. The Morgan fingerprint density at radius 1 is 1.20 bits per heavy atom. The highest BCUT2D eigenvalue weighted by Crippen LogP contribution is 2.34. The number of quaternary nitrogens is 1. The van der Waals surface area contributed by atoms with Crippen LogP contribution in [-0.4, -0.2) is 47.1 Å². The lowest BCUT2D eigenvalue weighted by atomic mass is 10.1. The first kappa shape index (κ1) is 24.3. The van der Waals surface area contributed by atoms with Crippen LogP contribution in [0.25, 0.3) is 0 Å². The van der Waals surface area contributed by atoms with Crippen molar-refractivity contribution in [3.05, 3.63) is 83.1 Å². The summed E-state index contributed by atoms with van der Waals surface area (Å²) in [6.45, 7) is 6.63. The highest BCUT2D eigenvalue weighted by Gasteiger charge is 2.43.